The van der Waals surface area contributed by atoms with E-state index >= 15 is 0 Å². The zero-order valence-electron chi connectivity index (χ0n) is 16.1. The molecule has 1 aromatic heterocycles. The second kappa shape index (κ2) is 12.0. The number of nitrogens with zero attached hydrogens (tertiary/aromatic N) is 2. The van der Waals surface area contributed by atoms with Gasteiger partial charge in [-0.3, -0.25) is 4.99 Å². The monoisotopic (exact) mass is 506 g/mol. The van der Waals surface area contributed by atoms with Gasteiger partial charge in [0.2, 0.25) is 5.88 Å². The number of aliphatic imine (C=N–C) groups is 1. The molecular weight excluding hydrogens is 482 g/mol. The molecule has 3 aromatic rings. The van der Waals surface area contributed by atoms with Crippen LogP contribution in [-0.4, -0.2) is 24.5 Å². The summed E-state index contributed by atoms with van der Waals surface area (Å²) in [6.45, 7) is 1.39. The molecule has 0 saturated carbocycles. The molecule has 3 rings (SSSR count). The lowest BCUT2D eigenvalue weighted by atomic mass is 10.1. The highest BCUT2D eigenvalue weighted by Gasteiger charge is 2.02. The number of rotatable bonds is 7. The number of hydrogen-bond acceptors (Lipinski definition) is 3. The van der Waals surface area contributed by atoms with Gasteiger partial charge in [0.05, 0.1) is 0 Å². The summed E-state index contributed by atoms with van der Waals surface area (Å²) in [5, 5.41) is 6.56. The molecular formula is C22H24FIN4O. The Balaban J connectivity index is 0.00000300. The molecule has 2 N–H and O–H groups in total. The van der Waals surface area contributed by atoms with Gasteiger partial charge < -0.3 is 15.4 Å². The van der Waals surface area contributed by atoms with Crippen molar-refractivity contribution >= 4 is 29.9 Å². The maximum Gasteiger partial charge on any atom is 0.219 e. The first-order valence-corrected chi connectivity index (χ1v) is 9.10. The Bertz CT molecular complexity index is 887. The smallest absolute Gasteiger partial charge is 0.219 e. The van der Waals surface area contributed by atoms with Crippen LogP contribution in [0, 0.1) is 5.82 Å². The highest BCUT2D eigenvalue weighted by molar-refractivity contribution is 14.0. The molecule has 2 aromatic carbocycles. The average Bonchev–Trinajstić information content (AvgIpc) is 2.74. The van der Waals surface area contributed by atoms with Crippen LogP contribution in [0.1, 0.15) is 11.1 Å². The second-order valence-corrected chi connectivity index (χ2v) is 6.15. The molecule has 7 heteroatoms. The molecule has 0 unspecified atom stereocenters. The fraction of sp³-hybridized carbons (Fsp3) is 0.182. The molecule has 0 amide bonds. The molecule has 5 nitrogen and oxygen atoms in total. The van der Waals surface area contributed by atoms with E-state index in [0.29, 0.717) is 18.2 Å². The van der Waals surface area contributed by atoms with Crippen molar-refractivity contribution in [2.24, 2.45) is 4.99 Å². The topological polar surface area (TPSA) is 58.5 Å². The van der Waals surface area contributed by atoms with E-state index in [1.54, 1.807) is 31.4 Å². The predicted molar refractivity (Wildman–Crippen MR) is 124 cm³/mol. The van der Waals surface area contributed by atoms with Crippen molar-refractivity contribution in [1.29, 1.82) is 0 Å². The summed E-state index contributed by atoms with van der Waals surface area (Å²) < 4.78 is 18.5. The molecule has 0 fully saturated rings. The van der Waals surface area contributed by atoms with Crippen molar-refractivity contribution in [3.63, 3.8) is 0 Å². The summed E-state index contributed by atoms with van der Waals surface area (Å²) in [5.74, 6) is 1.44. The van der Waals surface area contributed by atoms with Gasteiger partial charge in [0.25, 0.3) is 0 Å². The Kier molecular flexibility index (Phi) is 9.36. The van der Waals surface area contributed by atoms with Crippen LogP contribution >= 0.6 is 24.0 Å². The standard InChI is InChI=1S/C22H23FN4O.HI/c1-24-22(25-14-13-17-5-3-2-4-6-17)27-16-18-7-12-21(26-15-18)28-20-10-8-19(23)9-11-20;/h2-12,15H,13-14,16H2,1H3,(H2,24,25,27);1H. The van der Waals surface area contributed by atoms with Crippen LogP contribution in [0.2, 0.25) is 0 Å². The van der Waals surface area contributed by atoms with Gasteiger partial charge in [0, 0.05) is 32.4 Å². The van der Waals surface area contributed by atoms with Crippen LogP contribution in [0.15, 0.2) is 77.9 Å². The molecule has 0 radical (unpaired) electrons. The van der Waals surface area contributed by atoms with E-state index in [1.165, 1.54) is 17.7 Å². The molecule has 0 aliphatic rings. The van der Waals surface area contributed by atoms with E-state index in [-0.39, 0.29) is 29.8 Å². The van der Waals surface area contributed by atoms with Gasteiger partial charge in [-0.1, -0.05) is 36.4 Å². The van der Waals surface area contributed by atoms with Crippen LogP contribution in [0.5, 0.6) is 11.6 Å². The lowest BCUT2D eigenvalue weighted by molar-refractivity contribution is 0.461. The van der Waals surface area contributed by atoms with E-state index in [4.69, 9.17) is 4.74 Å². The highest BCUT2D eigenvalue weighted by atomic mass is 127. The maximum atomic E-state index is 12.9. The first-order valence-electron chi connectivity index (χ1n) is 9.10. The van der Waals surface area contributed by atoms with E-state index in [0.717, 1.165) is 24.5 Å². The molecule has 0 bridgehead atoms. The fourth-order valence-electron chi connectivity index (χ4n) is 2.58. The van der Waals surface area contributed by atoms with Crippen LogP contribution in [0.3, 0.4) is 0 Å². The van der Waals surface area contributed by atoms with Crippen LogP contribution in [-0.2, 0) is 13.0 Å². The number of halogens is 2. The van der Waals surface area contributed by atoms with Crippen LogP contribution in [0.4, 0.5) is 4.39 Å². The minimum absolute atomic E-state index is 0. The SMILES string of the molecule is CN=C(NCCc1ccccc1)NCc1ccc(Oc2ccc(F)cc2)nc1.I. The third-order valence-corrected chi connectivity index (χ3v) is 4.07. The number of ether oxygens (including phenoxy) is 1. The molecule has 152 valence electrons. The molecule has 0 atom stereocenters. The van der Waals surface area contributed by atoms with Crippen molar-refractivity contribution < 1.29 is 9.13 Å². The minimum atomic E-state index is -0.299. The summed E-state index contributed by atoms with van der Waals surface area (Å²) >= 11 is 0. The summed E-state index contributed by atoms with van der Waals surface area (Å²) in [6.07, 6.45) is 2.67. The first kappa shape index (κ1) is 22.6. The summed E-state index contributed by atoms with van der Waals surface area (Å²) in [5.41, 5.74) is 2.28. The third kappa shape index (κ3) is 7.69. The van der Waals surface area contributed by atoms with Gasteiger partial charge in [-0.2, -0.15) is 0 Å². The van der Waals surface area contributed by atoms with Gasteiger partial charge in [-0.15, -0.1) is 24.0 Å². The average molecular weight is 506 g/mol. The highest BCUT2D eigenvalue weighted by Crippen LogP contribution is 2.19. The molecule has 0 spiro atoms. The lowest BCUT2D eigenvalue weighted by Gasteiger charge is -2.12. The first-order chi connectivity index (χ1) is 13.7. The van der Waals surface area contributed by atoms with Crippen LogP contribution in [0.25, 0.3) is 0 Å². The van der Waals surface area contributed by atoms with Crippen molar-refractivity contribution in [1.82, 2.24) is 15.6 Å². The zero-order chi connectivity index (χ0) is 19.6. The lowest BCUT2D eigenvalue weighted by Crippen LogP contribution is -2.37. The normalized spacial score (nSPS) is 10.8. The van der Waals surface area contributed by atoms with Gasteiger partial charge in [0.15, 0.2) is 5.96 Å². The molecule has 29 heavy (non-hydrogen) atoms. The molecule has 1 heterocycles. The predicted octanol–water partition coefficient (Wildman–Crippen LogP) is 4.54. The summed E-state index contributed by atoms with van der Waals surface area (Å²) in [6, 6.07) is 19.9. The molecule has 0 aliphatic carbocycles. The summed E-state index contributed by atoms with van der Waals surface area (Å²) in [7, 11) is 1.75. The Morgan fingerprint density at radius 2 is 1.72 bits per heavy atom. The Hall–Kier alpha value is -2.68. The van der Waals surface area contributed by atoms with E-state index in [2.05, 4.69) is 32.7 Å². The van der Waals surface area contributed by atoms with Crippen molar-refractivity contribution in [2.45, 2.75) is 13.0 Å². The van der Waals surface area contributed by atoms with E-state index in [9.17, 15) is 4.39 Å². The minimum Gasteiger partial charge on any atom is -0.439 e. The largest absolute Gasteiger partial charge is 0.439 e. The number of nitrogens with one attached hydrogen (secondary N) is 2. The second-order valence-electron chi connectivity index (χ2n) is 6.15. The number of benzene rings is 2. The van der Waals surface area contributed by atoms with Gasteiger partial charge >= 0.3 is 0 Å². The Morgan fingerprint density at radius 1 is 0.966 bits per heavy atom. The summed E-state index contributed by atoms with van der Waals surface area (Å²) in [4.78, 5) is 8.52. The van der Waals surface area contributed by atoms with Gasteiger partial charge in [-0.25, -0.2) is 9.37 Å². The van der Waals surface area contributed by atoms with Gasteiger partial charge in [-0.05, 0) is 41.8 Å². The quantitative estimate of drug-likeness (QED) is 0.281. The van der Waals surface area contributed by atoms with Gasteiger partial charge in [0.1, 0.15) is 11.6 Å². The van der Waals surface area contributed by atoms with Crippen LogP contribution < -0.4 is 15.4 Å². The number of hydrogen-bond donors (Lipinski definition) is 2. The number of pyridine rings is 1. The number of aromatic nitrogens is 1. The molecule has 0 aliphatic heterocycles. The maximum absolute atomic E-state index is 12.9. The third-order valence-electron chi connectivity index (χ3n) is 4.07. The van der Waals surface area contributed by atoms with E-state index in [1.807, 2.05) is 24.3 Å². The van der Waals surface area contributed by atoms with Crippen molar-refractivity contribution in [3.8, 4) is 11.6 Å². The molecule has 0 saturated heterocycles. The zero-order valence-corrected chi connectivity index (χ0v) is 18.5. The Morgan fingerprint density at radius 3 is 2.38 bits per heavy atom. The van der Waals surface area contributed by atoms with E-state index < -0.39 is 0 Å². The Labute approximate surface area is 187 Å². The van der Waals surface area contributed by atoms with Crippen molar-refractivity contribution in [3.05, 3.63) is 89.9 Å². The van der Waals surface area contributed by atoms with Crippen molar-refractivity contribution in [2.75, 3.05) is 13.6 Å². The fourth-order valence-corrected chi connectivity index (χ4v) is 2.58. The number of guanidine groups is 1.